The van der Waals surface area contributed by atoms with Gasteiger partial charge in [-0.1, -0.05) is 32.6 Å². The lowest BCUT2D eigenvalue weighted by Gasteiger charge is -2.32. The largest absolute Gasteiger partial charge is 0.394 e. The van der Waals surface area contributed by atoms with Gasteiger partial charge in [0.25, 0.3) is 0 Å². The standard InChI is InChI=1S/C17H36N2O/c1-4-13-18-17(2,15-20)12-8-9-14-19(3)16-10-6-5-7-11-16/h16,18,20H,4-15H2,1-3H3. The van der Waals surface area contributed by atoms with Crippen molar-refractivity contribution in [1.82, 2.24) is 10.2 Å². The minimum Gasteiger partial charge on any atom is -0.394 e. The maximum atomic E-state index is 9.55. The maximum absolute atomic E-state index is 9.55. The zero-order valence-corrected chi connectivity index (χ0v) is 14.0. The van der Waals surface area contributed by atoms with Crippen LogP contribution in [0.3, 0.4) is 0 Å². The Balaban J connectivity index is 2.15. The summed E-state index contributed by atoms with van der Waals surface area (Å²) in [6, 6.07) is 0.825. The molecular weight excluding hydrogens is 248 g/mol. The van der Waals surface area contributed by atoms with Gasteiger partial charge in [0.05, 0.1) is 6.61 Å². The molecule has 0 aromatic heterocycles. The Morgan fingerprint density at radius 2 is 1.90 bits per heavy atom. The molecule has 1 aliphatic rings. The van der Waals surface area contributed by atoms with E-state index < -0.39 is 0 Å². The second-order valence-corrected chi connectivity index (χ2v) is 6.88. The number of hydrogen-bond donors (Lipinski definition) is 2. The number of aliphatic hydroxyl groups excluding tert-OH is 1. The van der Waals surface area contributed by atoms with Gasteiger partial charge in [-0.15, -0.1) is 0 Å². The average Bonchev–Trinajstić information content (AvgIpc) is 2.50. The fourth-order valence-corrected chi connectivity index (χ4v) is 3.23. The van der Waals surface area contributed by atoms with Crippen molar-refractivity contribution in [2.75, 3.05) is 26.7 Å². The number of rotatable bonds is 10. The van der Waals surface area contributed by atoms with Gasteiger partial charge in [-0.25, -0.2) is 0 Å². The zero-order chi connectivity index (χ0) is 14.8. The van der Waals surface area contributed by atoms with Gasteiger partial charge in [0, 0.05) is 11.6 Å². The molecule has 3 nitrogen and oxygen atoms in total. The van der Waals surface area contributed by atoms with E-state index in [1.165, 1.54) is 51.5 Å². The van der Waals surface area contributed by atoms with E-state index in [2.05, 4.69) is 31.1 Å². The SMILES string of the molecule is CCCNC(C)(CO)CCCCN(C)C1CCCCC1. The highest BCUT2D eigenvalue weighted by atomic mass is 16.3. The molecule has 1 aliphatic carbocycles. The topological polar surface area (TPSA) is 35.5 Å². The lowest BCUT2D eigenvalue weighted by molar-refractivity contribution is 0.156. The summed E-state index contributed by atoms with van der Waals surface area (Å²) in [4.78, 5) is 2.56. The highest BCUT2D eigenvalue weighted by molar-refractivity contribution is 4.82. The third kappa shape index (κ3) is 6.55. The lowest BCUT2D eigenvalue weighted by Crippen LogP contribution is -2.46. The fourth-order valence-electron chi connectivity index (χ4n) is 3.23. The van der Waals surface area contributed by atoms with Crippen LogP contribution in [-0.4, -0.2) is 48.3 Å². The number of aliphatic hydroxyl groups is 1. The molecule has 1 unspecified atom stereocenters. The first-order chi connectivity index (χ1) is 9.61. The summed E-state index contributed by atoms with van der Waals surface area (Å²) in [5, 5.41) is 13.0. The van der Waals surface area contributed by atoms with Crippen LogP contribution in [-0.2, 0) is 0 Å². The van der Waals surface area contributed by atoms with Gasteiger partial charge >= 0.3 is 0 Å². The van der Waals surface area contributed by atoms with Crippen LogP contribution in [0.25, 0.3) is 0 Å². The van der Waals surface area contributed by atoms with Crippen molar-refractivity contribution in [2.24, 2.45) is 0 Å². The van der Waals surface area contributed by atoms with E-state index in [1.54, 1.807) is 0 Å². The van der Waals surface area contributed by atoms with Gasteiger partial charge in [-0.05, 0) is 59.2 Å². The molecule has 20 heavy (non-hydrogen) atoms. The molecule has 1 atom stereocenters. The first-order valence-electron chi connectivity index (χ1n) is 8.67. The normalized spacial score (nSPS) is 20.2. The summed E-state index contributed by atoms with van der Waals surface area (Å²) >= 11 is 0. The van der Waals surface area contributed by atoms with Crippen LogP contribution in [0.2, 0.25) is 0 Å². The summed E-state index contributed by atoms with van der Waals surface area (Å²) < 4.78 is 0. The molecular formula is C17H36N2O. The minimum absolute atomic E-state index is 0.0839. The quantitative estimate of drug-likeness (QED) is 0.605. The number of unbranched alkanes of at least 4 members (excludes halogenated alkanes) is 1. The van der Waals surface area contributed by atoms with Crippen LogP contribution < -0.4 is 5.32 Å². The highest BCUT2D eigenvalue weighted by Crippen LogP contribution is 2.22. The average molecular weight is 284 g/mol. The first-order valence-corrected chi connectivity index (χ1v) is 8.67. The van der Waals surface area contributed by atoms with Crippen molar-refractivity contribution in [3.8, 4) is 0 Å². The highest BCUT2D eigenvalue weighted by Gasteiger charge is 2.22. The molecule has 1 saturated carbocycles. The van der Waals surface area contributed by atoms with Gasteiger partial charge in [0.2, 0.25) is 0 Å². The second-order valence-electron chi connectivity index (χ2n) is 6.88. The molecule has 0 amide bonds. The predicted octanol–water partition coefficient (Wildman–Crippen LogP) is 3.17. The third-order valence-electron chi connectivity index (χ3n) is 4.84. The smallest absolute Gasteiger partial charge is 0.0610 e. The minimum atomic E-state index is -0.0839. The van der Waals surface area contributed by atoms with Gasteiger partial charge in [-0.2, -0.15) is 0 Å². The van der Waals surface area contributed by atoms with Crippen molar-refractivity contribution in [3.05, 3.63) is 0 Å². The predicted molar refractivity (Wildman–Crippen MR) is 87.1 cm³/mol. The Labute approximate surface area is 126 Å². The van der Waals surface area contributed by atoms with E-state index in [-0.39, 0.29) is 12.1 Å². The summed E-state index contributed by atoms with van der Waals surface area (Å²) in [5.74, 6) is 0. The molecule has 0 heterocycles. The molecule has 0 saturated heterocycles. The van der Waals surface area contributed by atoms with Crippen molar-refractivity contribution >= 4 is 0 Å². The molecule has 1 rings (SSSR count). The van der Waals surface area contributed by atoms with Crippen LogP contribution in [0, 0.1) is 0 Å². The Morgan fingerprint density at radius 3 is 2.50 bits per heavy atom. The molecule has 0 radical (unpaired) electrons. The van der Waals surface area contributed by atoms with E-state index in [1.807, 2.05) is 0 Å². The van der Waals surface area contributed by atoms with E-state index >= 15 is 0 Å². The molecule has 2 N–H and O–H groups in total. The van der Waals surface area contributed by atoms with Gasteiger partial charge in [-0.3, -0.25) is 0 Å². The summed E-state index contributed by atoms with van der Waals surface area (Å²) in [6.07, 6.45) is 11.7. The van der Waals surface area contributed by atoms with Gasteiger partial charge in [0.1, 0.15) is 0 Å². The molecule has 120 valence electrons. The molecule has 0 aromatic rings. The fraction of sp³-hybridized carbons (Fsp3) is 1.00. The Hall–Kier alpha value is -0.120. The molecule has 0 aromatic carbocycles. The van der Waals surface area contributed by atoms with Crippen LogP contribution in [0.4, 0.5) is 0 Å². The van der Waals surface area contributed by atoms with Crippen molar-refractivity contribution < 1.29 is 5.11 Å². The van der Waals surface area contributed by atoms with Crippen molar-refractivity contribution in [1.29, 1.82) is 0 Å². The van der Waals surface area contributed by atoms with E-state index in [0.29, 0.717) is 0 Å². The lowest BCUT2D eigenvalue weighted by atomic mass is 9.93. The van der Waals surface area contributed by atoms with Crippen LogP contribution in [0.5, 0.6) is 0 Å². The molecule has 0 bridgehead atoms. The van der Waals surface area contributed by atoms with E-state index in [4.69, 9.17) is 0 Å². The van der Waals surface area contributed by atoms with Crippen molar-refractivity contribution in [2.45, 2.75) is 83.2 Å². The Bertz CT molecular complexity index is 241. The summed E-state index contributed by atoms with van der Waals surface area (Å²) in [7, 11) is 2.29. The van der Waals surface area contributed by atoms with Crippen molar-refractivity contribution in [3.63, 3.8) is 0 Å². The van der Waals surface area contributed by atoms with Gasteiger partial charge in [0.15, 0.2) is 0 Å². The molecule has 3 heteroatoms. The number of nitrogens with zero attached hydrogens (tertiary/aromatic N) is 1. The molecule has 1 fully saturated rings. The van der Waals surface area contributed by atoms with Crippen LogP contribution in [0.15, 0.2) is 0 Å². The number of nitrogens with one attached hydrogen (secondary N) is 1. The Kier molecular flexibility index (Phi) is 8.74. The maximum Gasteiger partial charge on any atom is 0.0610 e. The van der Waals surface area contributed by atoms with E-state index in [0.717, 1.165) is 25.4 Å². The zero-order valence-electron chi connectivity index (χ0n) is 14.0. The van der Waals surface area contributed by atoms with Gasteiger partial charge < -0.3 is 15.3 Å². The molecule has 0 aliphatic heterocycles. The monoisotopic (exact) mass is 284 g/mol. The van der Waals surface area contributed by atoms with E-state index in [9.17, 15) is 5.11 Å². The first kappa shape index (κ1) is 17.9. The summed E-state index contributed by atoms with van der Waals surface area (Å²) in [5.41, 5.74) is -0.0839. The third-order valence-corrected chi connectivity index (χ3v) is 4.84. The Morgan fingerprint density at radius 1 is 1.20 bits per heavy atom. The van der Waals surface area contributed by atoms with Crippen LogP contribution in [0.1, 0.15) is 71.6 Å². The second kappa shape index (κ2) is 9.75. The number of hydrogen-bond acceptors (Lipinski definition) is 3. The van der Waals surface area contributed by atoms with Crippen LogP contribution >= 0.6 is 0 Å². The summed E-state index contributed by atoms with van der Waals surface area (Å²) in [6.45, 7) is 6.77. The molecule has 0 spiro atoms.